The van der Waals surface area contributed by atoms with E-state index in [1.165, 1.54) is 38.6 Å². The molecule has 2 bridgehead atoms. The van der Waals surface area contributed by atoms with Gasteiger partial charge in [0.25, 0.3) is 0 Å². The minimum absolute atomic E-state index is 0.0353. The van der Waals surface area contributed by atoms with Crippen LogP contribution in [0.2, 0.25) is 0 Å². The van der Waals surface area contributed by atoms with Crippen LogP contribution in [0.1, 0.15) is 25.0 Å². The van der Waals surface area contributed by atoms with E-state index in [0.717, 1.165) is 31.1 Å². The van der Waals surface area contributed by atoms with Crippen LogP contribution >= 0.6 is 12.7 Å². The van der Waals surface area contributed by atoms with Crippen LogP contribution in [0.3, 0.4) is 0 Å². The zero-order valence-corrected chi connectivity index (χ0v) is 24.3. The van der Waals surface area contributed by atoms with Gasteiger partial charge in [0.05, 0.1) is 0 Å². The number of hydrogen-bond acceptors (Lipinski definition) is 1. The van der Waals surface area contributed by atoms with Crippen molar-refractivity contribution in [2.45, 2.75) is 19.3 Å². The number of rotatable bonds is 3. The van der Waals surface area contributed by atoms with Gasteiger partial charge in [-0.2, -0.15) is 0 Å². The number of nitrogens with zero attached hydrogens (tertiary/aromatic N) is 1. The summed E-state index contributed by atoms with van der Waals surface area (Å²) in [5, 5.41) is 4.86. The summed E-state index contributed by atoms with van der Waals surface area (Å²) in [5.74, 6) is 0. The molecular weight excluding hydrogens is 512 g/mol. The fraction of sp³-hybridized carbons (Fsp3) is 0.111. The number of fused-ring (bicyclic) bond motifs is 9. The van der Waals surface area contributed by atoms with Gasteiger partial charge in [0.15, 0.2) is 0 Å². The van der Waals surface area contributed by atoms with Crippen molar-refractivity contribution in [1.82, 2.24) is 9.42 Å². The minimum atomic E-state index is -2.14. The van der Waals surface area contributed by atoms with Crippen LogP contribution < -0.4 is 26.6 Å². The molecule has 7 saturated heterocycles. The Labute approximate surface area is 238 Å². The first kappa shape index (κ1) is 20.9. The van der Waals surface area contributed by atoms with E-state index in [1.54, 1.807) is 21.7 Å². The van der Waals surface area contributed by atoms with E-state index in [1.807, 2.05) is 0 Å². The van der Waals surface area contributed by atoms with E-state index < -0.39 is 12.7 Å². The molecule has 0 aliphatic carbocycles. The summed E-state index contributed by atoms with van der Waals surface area (Å²) in [6, 6.07) is 30.8. The normalized spacial score (nSPS) is 27.9. The predicted octanol–water partition coefficient (Wildman–Crippen LogP) is 1.61. The molecule has 2 nitrogen and oxygen atoms in total. The first-order valence-electron chi connectivity index (χ1n) is 15.2. The van der Waals surface area contributed by atoms with Gasteiger partial charge in [-0.15, -0.1) is 0 Å². The van der Waals surface area contributed by atoms with Gasteiger partial charge < -0.3 is 0 Å². The third-order valence-corrected chi connectivity index (χ3v) is 28.0. The van der Waals surface area contributed by atoms with E-state index >= 15 is 0 Å². The summed E-state index contributed by atoms with van der Waals surface area (Å²) in [6.45, 7) is 10.8. The van der Waals surface area contributed by atoms with E-state index in [-0.39, 0.29) is 12.1 Å². The Morgan fingerprint density at radius 3 is 2.33 bits per heavy atom. The molecule has 4 aromatic carbocycles. The average molecular weight is 532 g/mol. The summed E-state index contributed by atoms with van der Waals surface area (Å²) >= 11 is 0. The van der Waals surface area contributed by atoms with Crippen molar-refractivity contribution >= 4 is 115 Å². The van der Waals surface area contributed by atoms with Crippen molar-refractivity contribution in [2.75, 3.05) is 0 Å². The third-order valence-electron chi connectivity index (χ3n) is 13.6. The SMILES string of the molecule is CC1(C)c2ccccc2B2c3ccccc3-n3c4ccccc4c4c(P56(NP789[B]B7B8[B-]9)B7[B-]B5B76)cc1c2c43. The topological polar surface area (TPSA) is 17.0 Å². The van der Waals surface area contributed by atoms with Crippen molar-refractivity contribution in [3.63, 3.8) is 0 Å². The van der Waals surface area contributed by atoms with E-state index in [2.05, 4.69) is 118 Å². The summed E-state index contributed by atoms with van der Waals surface area (Å²) in [4.78, 5) is 4.79. The van der Waals surface area contributed by atoms with Gasteiger partial charge in [-0.25, -0.2) is 0 Å². The molecule has 5 aromatic rings. The molecule has 14 rings (SSSR count). The van der Waals surface area contributed by atoms with Crippen LogP contribution in [-0.4, -0.2) is 63.2 Å². The maximum atomic E-state index is 4.79. The summed E-state index contributed by atoms with van der Waals surface area (Å²) in [5.41, 5.74) is 11.9. The predicted molar refractivity (Wildman–Crippen MR) is 187 cm³/mol. The zero-order chi connectivity index (χ0) is 25.8. The fourth-order valence-electron chi connectivity index (χ4n) is 11.2. The molecule has 1 spiro atoms. The number of benzene rings is 4. The number of para-hydroxylation sites is 2. The Hall–Kier alpha value is -1.92. The quantitative estimate of drug-likeness (QED) is 0.271. The number of aromatic nitrogens is 1. The summed E-state index contributed by atoms with van der Waals surface area (Å²) < 4.78 is 2.68. The van der Waals surface area contributed by atoms with Crippen molar-refractivity contribution < 1.29 is 0 Å². The second-order valence-corrected chi connectivity index (χ2v) is 25.3. The van der Waals surface area contributed by atoms with Gasteiger partial charge in [0.2, 0.25) is 0 Å². The first-order valence-corrected chi connectivity index (χ1v) is 20.1. The van der Waals surface area contributed by atoms with Gasteiger partial charge in [-0.1, -0.05) is 0 Å². The molecule has 0 atom stereocenters. The molecule has 9 aliphatic rings. The van der Waals surface area contributed by atoms with Gasteiger partial charge in [-0.05, 0) is 0 Å². The van der Waals surface area contributed by atoms with E-state index in [0.29, 0.717) is 0 Å². The molecule has 1 N–H and O–H groups in total. The van der Waals surface area contributed by atoms with Crippen molar-refractivity contribution in [1.29, 1.82) is 0 Å². The summed E-state index contributed by atoms with van der Waals surface area (Å²) in [7, 11) is 2.74. The average Bonchev–Trinajstić information content (AvgIpc) is 3.91. The van der Waals surface area contributed by atoms with Gasteiger partial charge >= 0.3 is 239 Å². The van der Waals surface area contributed by atoms with E-state index in [9.17, 15) is 0 Å². The fourth-order valence-corrected chi connectivity index (χ4v) is 30.7. The van der Waals surface area contributed by atoms with Crippen LogP contribution in [0.15, 0.2) is 78.9 Å². The van der Waals surface area contributed by atoms with Crippen molar-refractivity contribution in [3.05, 3.63) is 90.0 Å². The molecule has 7 fully saturated rings. The number of nitrogens with one attached hydrogen (secondary N) is 1. The third kappa shape index (κ3) is 1.63. The molecule has 0 unspecified atom stereocenters. The molecule has 40 heavy (non-hydrogen) atoms. The second-order valence-electron chi connectivity index (χ2n) is 14.9. The molecule has 0 amide bonds. The molecule has 0 saturated carbocycles. The van der Waals surface area contributed by atoms with Crippen LogP contribution in [0.4, 0.5) is 0 Å². The van der Waals surface area contributed by atoms with Crippen LogP contribution in [0.5, 0.6) is 0 Å². The van der Waals surface area contributed by atoms with Gasteiger partial charge in [0, 0.05) is 0 Å². The summed E-state index contributed by atoms with van der Waals surface area (Å²) in [6.07, 6.45) is 0.786. The van der Waals surface area contributed by atoms with Crippen molar-refractivity contribution in [2.24, 2.45) is 0 Å². The molecule has 13 heteroatoms. The van der Waals surface area contributed by atoms with Crippen LogP contribution in [0, 0.1) is 0 Å². The molecule has 177 valence electrons. The molecular formula is C27H20B9N2P2-2. The molecule has 5 radical (unpaired) electrons. The van der Waals surface area contributed by atoms with Crippen molar-refractivity contribution in [3.8, 4) is 5.69 Å². The first-order chi connectivity index (χ1) is 19.5. The van der Waals surface area contributed by atoms with Gasteiger partial charge in [-0.3, -0.25) is 0 Å². The Morgan fingerprint density at radius 2 is 1.60 bits per heavy atom. The molecule has 1 aromatic heterocycles. The molecule has 10 heterocycles. The maximum absolute atomic E-state index is 4.79. The Balaban J connectivity index is 1.25. The molecule has 9 aliphatic heterocycles. The number of hydrogen-bond donors (Lipinski definition) is 1. The monoisotopic (exact) mass is 533 g/mol. The Morgan fingerprint density at radius 1 is 0.875 bits per heavy atom. The Bertz CT molecular complexity index is 2190. The van der Waals surface area contributed by atoms with Gasteiger partial charge in [0.1, 0.15) is 0 Å². The zero-order valence-electron chi connectivity index (χ0n) is 22.5. The van der Waals surface area contributed by atoms with Crippen LogP contribution in [0.25, 0.3) is 27.5 Å². The van der Waals surface area contributed by atoms with Crippen LogP contribution in [-0.2, 0) is 5.41 Å². The second kappa shape index (κ2) is 5.34. The Kier molecular flexibility index (Phi) is 2.79. The standard InChI is InChI=1S/C27H20B9N2P2/c1-27(2)17-10-4-5-11-19(17)31-20-12-6-8-14-22(20)38-21-13-7-3-9-16(21)24-23(15-18(27)25(31)26(24)38)39(32-28-33(39)36(32)39)37-40-29-34(40)35(40)30-40/h3-15,37H,1-2H3/q-2. The van der Waals surface area contributed by atoms with E-state index in [4.69, 9.17) is 4.86 Å².